The van der Waals surface area contributed by atoms with E-state index in [0.29, 0.717) is 24.4 Å². The summed E-state index contributed by atoms with van der Waals surface area (Å²) in [6, 6.07) is 3.92. The lowest BCUT2D eigenvalue weighted by atomic mass is 10.1. The fraction of sp³-hybridized carbons (Fsp3) is 0.429. The second-order valence-electron chi connectivity index (χ2n) is 4.87. The van der Waals surface area contributed by atoms with E-state index >= 15 is 0 Å². The van der Waals surface area contributed by atoms with Gasteiger partial charge in [0.2, 0.25) is 5.91 Å². The zero-order valence-corrected chi connectivity index (χ0v) is 11.4. The Kier molecular flexibility index (Phi) is 5.48. The van der Waals surface area contributed by atoms with E-state index < -0.39 is 5.82 Å². The minimum absolute atomic E-state index is 0.124. The van der Waals surface area contributed by atoms with Crippen LogP contribution in [0, 0.1) is 11.7 Å². The number of nitrogens with one attached hydrogen (secondary N) is 1. The van der Waals surface area contributed by atoms with Crippen LogP contribution in [0.4, 0.5) is 10.1 Å². The van der Waals surface area contributed by atoms with Crippen LogP contribution in [0.3, 0.4) is 0 Å². The number of hydrogen-bond donors (Lipinski definition) is 1. The fourth-order valence-electron chi connectivity index (χ4n) is 1.64. The number of hydrogen-bond acceptors (Lipinski definition) is 3. The van der Waals surface area contributed by atoms with Gasteiger partial charge in [-0.05, 0) is 24.1 Å². The molecule has 0 saturated heterocycles. The molecule has 0 saturated carbocycles. The van der Waals surface area contributed by atoms with Gasteiger partial charge >= 0.3 is 0 Å². The number of nitrogens with zero attached hydrogens (tertiary/aromatic N) is 1. The molecule has 104 valence electrons. The van der Waals surface area contributed by atoms with E-state index in [4.69, 9.17) is 0 Å². The summed E-state index contributed by atoms with van der Waals surface area (Å²) in [4.78, 5) is 24.2. The van der Waals surface area contributed by atoms with Gasteiger partial charge in [-0.2, -0.15) is 0 Å². The molecule has 19 heavy (non-hydrogen) atoms. The van der Waals surface area contributed by atoms with E-state index in [2.05, 4.69) is 5.32 Å². The van der Waals surface area contributed by atoms with Crippen molar-refractivity contribution >= 4 is 17.9 Å². The molecule has 0 radical (unpaired) electrons. The Morgan fingerprint density at radius 3 is 2.74 bits per heavy atom. The minimum atomic E-state index is -0.469. The van der Waals surface area contributed by atoms with Crippen LogP contribution in [0.5, 0.6) is 0 Å². The fourth-order valence-corrected chi connectivity index (χ4v) is 1.64. The molecule has 0 unspecified atom stereocenters. The normalized spacial score (nSPS) is 10.4. The lowest BCUT2D eigenvalue weighted by Crippen LogP contribution is -2.37. The second kappa shape index (κ2) is 6.87. The van der Waals surface area contributed by atoms with Crippen molar-refractivity contribution in [2.45, 2.75) is 13.8 Å². The summed E-state index contributed by atoms with van der Waals surface area (Å²) in [6.45, 7) is 4.75. The lowest BCUT2D eigenvalue weighted by Gasteiger charge is -2.20. The second-order valence-corrected chi connectivity index (χ2v) is 4.87. The van der Waals surface area contributed by atoms with E-state index in [1.54, 1.807) is 11.9 Å². The topological polar surface area (TPSA) is 49.4 Å². The first-order valence-corrected chi connectivity index (χ1v) is 6.16. The molecule has 1 aromatic carbocycles. The van der Waals surface area contributed by atoms with Crippen LogP contribution in [-0.4, -0.2) is 32.3 Å². The van der Waals surface area contributed by atoms with E-state index in [1.807, 2.05) is 13.8 Å². The third kappa shape index (κ3) is 4.69. The Morgan fingerprint density at radius 1 is 1.47 bits per heavy atom. The van der Waals surface area contributed by atoms with Gasteiger partial charge < -0.3 is 10.2 Å². The first-order valence-electron chi connectivity index (χ1n) is 6.16. The monoisotopic (exact) mass is 266 g/mol. The third-order valence-corrected chi connectivity index (χ3v) is 2.62. The van der Waals surface area contributed by atoms with E-state index in [9.17, 15) is 14.0 Å². The Bertz CT molecular complexity index is 461. The van der Waals surface area contributed by atoms with Gasteiger partial charge in [-0.1, -0.05) is 13.8 Å². The van der Waals surface area contributed by atoms with Gasteiger partial charge in [0.1, 0.15) is 5.82 Å². The van der Waals surface area contributed by atoms with Gasteiger partial charge in [-0.15, -0.1) is 0 Å². The average molecular weight is 266 g/mol. The Balaban J connectivity index is 2.70. The molecule has 1 rings (SSSR count). The van der Waals surface area contributed by atoms with Crippen molar-refractivity contribution in [2.24, 2.45) is 5.92 Å². The van der Waals surface area contributed by atoms with Gasteiger partial charge in [0.15, 0.2) is 6.29 Å². The molecule has 0 atom stereocenters. The van der Waals surface area contributed by atoms with Crippen molar-refractivity contribution in [1.82, 2.24) is 5.32 Å². The predicted molar refractivity (Wildman–Crippen MR) is 72.9 cm³/mol. The SMILES string of the molecule is CC(C)CNC(=O)CN(C)c1ccc(F)cc1C=O. The number of carbonyl (C=O) groups excluding carboxylic acids is 2. The molecule has 4 nitrogen and oxygen atoms in total. The molecule has 1 amide bonds. The van der Waals surface area contributed by atoms with E-state index in [0.717, 1.165) is 6.07 Å². The zero-order chi connectivity index (χ0) is 14.4. The van der Waals surface area contributed by atoms with Gasteiger partial charge in [0, 0.05) is 24.8 Å². The molecule has 0 spiro atoms. The third-order valence-electron chi connectivity index (χ3n) is 2.62. The maximum absolute atomic E-state index is 13.0. The highest BCUT2D eigenvalue weighted by molar-refractivity contribution is 5.87. The maximum Gasteiger partial charge on any atom is 0.239 e. The summed E-state index contributed by atoms with van der Waals surface area (Å²) in [5.74, 6) is -0.216. The molecule has 1 aromatic rings. The molecule has 0 aliphatic rings. The number of aldehydes is 1. The summed E-state index contributed by atoms with van der Waals surface area (Å²) in [5.41, 5.74) is 0.773. The van der Waals surface area contributed by atoms with Crippen molar-refractivity contribution in [3.63, 3.8) is 0 Å². The predicted octanol–water partition coefficient (Wildman–Crippen LogP) is 1.85. The number of benzene rings is 1. The van der Waals surface area contributed by atoms with Crippen LogP contribution in [0.15, 0.2) is 18.2 Å². The van der Waals surface area contributed by atoms with Crippen molar-refractivity contribution in [3.05, 3.63) is 29.6 Å². The molecule has 0 aromatic heterocycles. The molecule has 0 aliphatic carbocycles. The van der Waals surface area contributed by atoms with Crippen molar-refractivity contribution < 1.29 is 14.0 Å². The summed E-state index contributed by atoms with van der Waals surface area (Å²) in [7, 11) is 1.69. The molecule has 0 heterocycles. The zero-order valence-electron chi connectivity index (χ0n) is 11.4. The van der Waals surface area contributed by atoms with Gasteiger partial charge in [0.25, 0.3) is 0 Å². The van der Waals surface area contributed by atoms with Crippen molar-refractivity contribution in [3.8, 4) is 0 Å². The largest absolute Gasteiger partial charge is 0.365 e. The van der Waals surface area contributed by atoms with Crippen molar-refractivity contribution in [2.75, 3.05) is 25.0 Å². The van der Waals surface area contributed by atoms with Gasteiger partial charge in [-0.3, -0.25) is 9.59 Å². The van der Waals surface area contributed by atoms with Crippen molar-refractivity contribution in [1.29, 1.82) is 0 Å². The van der Waals surface area contributed by atoms with Gasteiger partial charge in [0.05, 0.1) is 6.54 Å². The summed E-state index contributed by atoms with van der Waals surface area (Å²) in [6.07, 6.45) is 0.584. The summed E-state index contributed by atoms with van der Waals surface area (Å²) in [5, 5.41) is 2.79. The molecule has 0 fully saturated rings. The van der Waals surface area contributed by atoms with Crippen LogP contribution in [0.2, 0.25) is 0 Å². The lowest BCUT2D eigenvalue weighted by molar-refractivity contribution is -0.119. The highest BCUT2D eigenvalue weighted by Crippen LogP contribution is 2.18. The van der Waals surface area contributed by atoms with Crippen LogP contribution in [0.25, 0.3) is 0 Å². The number of anilines is 1. The molecule has 5 heteroatoms. The summed E-state index contributed by atoms with van der Waals surface area (Å²) >= 11 is 0. The maximum atomic E-state index is 13.0. The highest BCUT2D eigenvalue weighted by Gasteiger charge is 2.11. The van der Waals surface area contributed by atoms with Crippen LogP contribution in [0.1, 0.15) is 24.2 Å². The Morgan fingerprint density at radius 2 is 2.16 bits per heavy atom. The molecule has 0 aliphatic heterocycles. The average Bonchev–Trinajstić information content (AvgIpc) is 2.35. The Labute approximate surface area is 112 Å². The number of rotatable bonds is 6. The standard InChI is InChI=1S/C14H19FN2O2/c1-10(2)7-16-14(19)8-17(3)13-5-4-12(15)6-11(13)9-18/h4-6,9-10H,7-8H2,1-3H3,(H,16,19). The molecular weight excluding hydrogens is 247 g/mol. The highest BCUT2D eigenvalue weighted by atomic mass is 19.1. The first-order chi connectivity index (χ1) is 8.93. The number of likely N-dealkylation sites (N-methyl/N-ethyl adjacent to an activating group) is 1. The summed E-state index contributed by atoms with van der Waals surface area (Å²) < 4.78 is 13.0. The van der Waals surface area contributed by atoms with E-state index in [1.165, 1.54) is 12.1 Å². The van der Waals surface area contributed by atoms with Crippen LogP contribution < -0.4 is 10.2 Å². The van der Waals surface area contributed by atoms with E-state index in [-0.39, 0.29) is 18.0 Å². The smallest absolute Gasteiger partial charge is 0.239 e. The quantitative estimate of drug-likeness (QED) is 0.799. The van der Waals surface area contributed by atoms with Crippen LogP contribution in [-0.2, 0) is 4.79 Å². The Hall–Kier alpha value is -1.91. The number of carbonyl (C=O) groups is 2. The number of amides is 1. The minimum Gasteiger partial charge on any atom is -0.365 e. The first kappa shape index (κ1) is 15.1. The molecule has 0 bridgehead atoms. The van der Waals surface area contributed by atoms with Gasteiger partial charge in [-0.25, -0.2) is 4.39 Å². The molecular formula is C14H19FN2O2. The molecule has 1 N–H and O–H groups in total. The van der Waals surface area contributed by atoms with Crippen LogP contribution >= 0.6 is 0 Å². The number of halogens is 1.